The van der Waals surface area contributed by atoms with E-state index in [1.54, 1.807) is 0 Å². The third-order valence-electron chi connectivity index (χ3n) is 6.05. The van der Waals surface area contributed by atoms with Gasteiger partial charge in [-0.3, -0.25) is 4.79 Å². The van der Waals surface area contributed by atoms with Gasteiger partial charge < -0.3 is 14.9 Å². The van der Waals surface area contributed by atoms with E-state index in [2.05, 4.69) is 24.3 Å². The normalized spacial score (nSPS) is 29.8. The number of fused-ring (bicyclic) bond motifs is 1. The minimum absolute atomic E-state index is 0.0817. The van der Waals surface area contributed by atoms with E-state index in [1.165, 1.54) is 5.56 Å². The Morgan fingerprint density at radius 2 is 1.96 bits per heavy atom. The molecule has 1 aliphatic heterocycles. The largest absolute Gasteiger partial charge is 0.462 e. The summed E-state index contributed by atoms with van der Waals surface area (Å²) >= 11 is 0. The van der Waals surface area contributed by atoms with Gasteiger partial charge in [0.05, 0.1) is 12.2 Å². The van der Waals surface area contributed by atoms with Crippen LogP contribution in [0, 0.1) is 11.8 Å². The molecular formula is C23H32O4. The molecule has 0 radical (unpaired) electrons. The minimum atomic E-state index is -0.455. The number of allylic oxidation sites excluding steroid dienone is 2. The molecule has 27 heavy (non-hydrogen) atoms. The molecule has 3 rings (SSSR count). The molecule has 0 aromatic heterocycles. The molecular weight excluding hydrogens is 340 g/mol. The van der Waals surface area contributed by atoms with Crippen LogP contribution in [-0.4, -0.2) is 34.5 Å². The van der Waals surface area contributed by atoms with Gasteiger partial charge >= 0.3 is 5.97 Å². The fourth-order valence-corrected chi connectivity index (χ4v) is 4.49. The molecule has 148 valence electrons. The summed E-state index contributed by atoms with van der Waals surface area (Å²) in [7, 11) is 0. The molecule has 1 fully saturated rings. The summed E-state index contributed by atoms with van der Waals surface area (Å²) < 4.78 is 5.67. The molecule has 5 unspecified atom stereocenters. The number of ether oxygens (including phenoxy) is 1. The van der Waals surface area contributed by atoms with E-state index in [9.17, 15) is 15.0 Å². The van der Waals surface area contributed by atoms with Crippen LogP contribution in [0.15, 0.2) is 42.5 Å². The molecule has 0 saturated heterocycles. The summed E-state index contributed by atoms with van der Waals surface area (Å²) in [5, 5.41) is 21.0. The number of hydrogen-bond donors (Lipinski definition) is 2. The van der Waals surface area contributed by atoms with E-state index in [4.69, 9.17) is 4.74 Å². The van der Waals surface area contributed by atoms with E-state index < -0.39 is 6.10 Å². The van der Waals surface area contributed by atoms with E-state index >= 15 is 0 Å². The number of aliphatic hydroxyl groups is 2. The predicted octanol–water partition coefficient (Wildman–Crippen LogP) is 3.80. The van der Waals surface area contributed by atoms with Crippen molar-refractivity contribution in [2.45, 2.75) is 76.1 Å². The first-order chi connectivity index (χ1) is 13.1. The summed E-state index contributed by atoms with van der Waals surface area (Å²) in [6.45, 7) is 0. The lowest BCUT2D eigenvalue weighted by Gasteiger charge is -2.26. The zero-order valence-electron chi connectivity index (χ0n) is 16.0. The van der Waals surface area contributed by atoms with Crippen LogP contribution in [0.2, 0.25) is 0 Å². The third-order valence-corrected chi connectivity index (χ3v) is 6.05. The second-order valence-corrected chi connectivity index (χ2v) is 8.01. The van der Waals surface area contributed by atoms with Crippen molar-refractivity contribution in [2.75, 3.05) is 0 Å². The number of rotatable bonds is 6. The van der Waals surface area contributed by atoms with Crippen molar-refractivity contribution in [2.24, 2.45) is 11.8 Å². The fraction of sp³-hybridized carbons (Fsp3) is 0.609. The van der Waals surface area contributed by atoms with Gasteiger partial charge in [0.1, 0.15) is 6.10 Å². The van der Waals surface area contributed by atoms with Crippen LogP contribution in [0.25, 0.3) is 0 Å². The van der Waals surface area contributed by atoms with Crippen molar-refractivity contribution in [1.29, 1.82) is 0 Å². The Hall–Kier alpha value is -1.65. The molecule has 5 atom stereocenters. The molecule has 4 nitrogen and oxygen atoms in total. The Kier molecular flexibility index (Phi) is 7.48. The van der Waals surface area contributed by atoms with Gasteiger partial charge in [0.25, 0.3) is 0 Å². The highest BCUT2D eigenvalue weighted by Crippen LogP contribution is 2.40. The van der Waals surface area contributed by atoms with Crippen molar-refractivity contribution in [3.63, 3.8) is 0 Å². The van der Waals surface area contributed by atoms with Gasteiger partial charge in [-0.1, -0.05) is 42.5 Å². The quantitative estimate of drug-likeness (QED) is 0.589. The molecule has 0 bridgehead atoms. The van der Waals surface area contributed by atoms with E-state index in [-0.39, 0.29) is 30.0 Å². The van der Waals surface area contributed by atoms with Gasteiger partial charge in [-0.15, -0.1) is 0 Å². The number of carbonyl (C=O) groups is 1. The Morgan fingerprint density at radius 1 is 1.15 bits per heavy atom. The average Bonchev–Trinajstić information content (AvgIpc) is 2.96. The number of hydrogen-bond acceptors (Lipinski definition) is 4. The maximum atomic E-state index is 12.0. The standard InChI is InChI=1S/C23H32O4/c24-18(13-12-17-8-4-3-5-9-17)14-15-19-20-10-6-1-2-7-11-23(26)27-22(20)16-21(19)25/h1,3-6,8-9,18-22,24-25H,2,7,10-16H2. The Balaban J connectivity index is 1.53. The first-order valence-electron chi connectivity index (χ1n) is 10.4. The zero-order valence-corrected chi connectivity index (χ0v) is 16.0. The summed E-state index contributed by atoms with van der Waals surface area (Å²) in [6, 6.07) is 10.2. The van der Waals surface area contributed by atoms with Gasteiger partial charge in [0.2, 0.25) is 0 Å². The van der Waals surface area contributed by atoms with Crippen LogP contribution in [0.5, 0.6) is 0 Å². The van der Waals surface area contributed by atoms with Crippen LogP contribution in [0.3, 0.4) is 0 Å². The molecule has 4 heteroatoms. The third kappa shape index (κ3) is 5.91. The highest BCUT2D eigenvalue weighted by Gasteiger charge is 2.43. The van der Waals surface area contributed by atoms with Crippen molar-refractivity contribution < 1.29 is 19.7 Å². The van der Waals surface area contributed by atoms with E-state index in [0.29, 0.717) is 19.3 Å². The van der Waals surface area contributed by atoms with Crippen LogP contribution in [0.1, 0.15) is 56.9 Å². The van der Waals surface area contributed by atoms with Gasteiger partial charge in [0, 0.05) is 18.8 Å². The van der Waals surface area contributed by atoms with Gasteiger partial charge in [-0.2, -0.15) is 0 Å². The molecule has 0 amide bonds. The smallest absolute Gasteiger partial charge is 0.306 e. The first-order valence-corrected chi connectivity index (χ1v) is 10.4. The highest BCUT2D eigenvalue weighted by atomic mass is 16.5. The molecule has 1 heterocycles. The molecule has 1 aromatic carbocycles. The number of esters is 1. The Labute approximate surface area is 162 Å². The first kappa shape index (κ1) is 20.1. The summed E-state index contributed by atoms with van der Waals surface area (Å²) in [6.07, 6.45) is 9.88. The van der Waals surface area contributed by atoms with Crippen molar-refractivity contribution in [1.82, 2.24) is 0 Å². The Bertz CT molecular complexity index is 612. The van der Waals surface area contributed by atoms with Crippen LogP contribution in [0.4, 0.5) is 0 Å². The molecule has 2 N–H and O–H groups in total. The topological polar surface area (TPSA) is 66.8 Å². The van der Waals surface area contributed by atoms with E-state index in [1.807, 2.05) is 18.2 Å². The van der Waals surface area contributed by atoms with Gasteiger partial charge in [0.15, 0.2) is 0 Å². The van der Waals surface area contributed by atoms with Crippen molar-refractivity contribution in [3.8, 4) is 0 Å². The van der Waals surface area contributed by atoms with Crippen molar-refractivity contribution in [3.05, 3.63) is 48.0 Å². The lowest BCUT2D eigenvalue weighted by atomic mass is 9.85. The molecule has 1 aromatic rings. The minimum Gasteiger partial charge on any atom is -0.462 e. The molecule has 2 aliphatic rings. The number of benzene rings is 1. The maximum Gasteiger partial charge on any atom is 0.306 e. The zero-order chi connectivity index (χ0) is 19.1. The highest BCUT2D eigenvalue weighted by molar-refractivity contribution is 5.69. The average molecular weight is 373 g/mol. The second kappa shape index (κ2) is 10.0. The molecule has 1 aliphatic carbocycles. The molecule has 0 spiro atoms. The SMILES string of the molecule is O=C1CCCC=CCC2C(CC(O)C2CCC(O)CCc2ccccc2)O1. The maximum absolute atomic E-state index is 12.0. The summed E-state index contributed by atoms with van der Waals surface area (Å²) in [4.78, 5) is 12.0. The molecule has 1 saturated carbocycles. The summed E-state index contributed by atoms with van der Waals surface area (Å²) in [5.74, 6) is 0.0916. The summed E-state index contributed by atoms with van der Waals surface area (Å²) in [5.41, 5.74) is 1.24. The van der Waals surface area contributed by atoms with Gasteiger partial charge in [-0.05, 0) is 56.4 Å². The van der Waals surface area contributed by atoms with E-state index in [0.717, 1.165) is 38.5 Å². The van der Waals surface area contributed by atoms with Crippen molar-refractivity contribution >= 4 is 5.97 Å². The number of carbonyl (C=O) groups excluding carboxylic acids is 1. The van der Waals surface area contributed by atoms with Crippen LogP contribution >= 0.6 is 0 Å². The lowest BCUT2D eigenvalue weighted by molar-refractivity contribution is -0.151. The lowest BCUT2D eigenvalue weighted by Crippen LogP contribution is -2.26. The second-order valence-electron chi connectivity index (χ2n) is 8.01. The predicted molar refractivity (Wildman–Crippen MR) is 105 cm³/mol. The fourth-order valence-electron chi connectivity index (χ4n) is 4.49. The Morgan fingerprint density at radius 3 is 2.78 bits per heavy atom. The monoisotopic (exact) mass is 372 g/mol. The van der Waals surface area contributed by atoms with Crippen LogP contribution in [-0.2, 0) is 16.0 Å². The van der Waals surface area contributed by atoms with Gasteiger partial charge in [-0.25, -0.2) is 0 Å². The van der Waals surface area contributed by atoms with Crippen LogP contribution < -0.4 is 0 Å². The number of aryl methyl sites for hydroxylation is 1. The number of aliphatic hydroxyl groups excluding tert-OH is 2.